The molecule has 2 aliphatic rings. The lowest BCUT2D eigenvalue weighted by molar-refractivity contribution is 0.0243. The summed E-state index contributed by atoms with van der Waals surface area (Å²) in [5.41, 5.74) is -2.69. The highest BCUT2D eigenvalue weighted by molar-refractivity contribution is 5.39. The van der Waals surface area contributed by atoms with Crippen molar-refractivity contribution in [3.05, 3.63) is 0 Å². The molecule has 1 aliphatic carbocycles. The van der Waals surface area contributed by atoms with Crippen molar-refractivity contribution in [1.29, 1.82) is 0 Å². The summed E-state index contributed by atoms with van der Waals surface area (Å²) in [5.74, 6) is 0. The summed E-state index contributed by atoms with van der Waals surface area (Å²) in [4.78, 5) is 0. The third-order valence-corrected chi connectivity index (χ3v) is 3.85. The molecule has 1 heterocycles. The first-order chi connectivity index (χ1) is 5.42. The van der Waals surface area contributed by atoms with Gasteiger partial charge in [-0.3, -0.25) is 0 Å². The van der Waals surface area contributed by atoms with Crippen molar-refractivity contribution in [2.75, 3.05) is 13.2 Å². The third-order valence-electron chi connectivity index (χ3n) is 3.85. The first-order valence-electron chi connectivity index (χ1n) is 4.21. The van der Waals surface area contributed by atoms with E-state index >= 15 is 0 Å². The van der Waals surface area contributed by atoms with Gasteiger partial charge in [-0.15, -0.1) is 0 Å². The Morgan fingerprint density at radius 1 is 1.42 bits per heavy atom. The summed E-state index contributed by atoms with van der Waals surface area (Å²) in [6, 6.07) is -0.391. The van der Waals surface area contributed by atoms with Crippen molar-refractivity contribution < 1.29 is 15.3 Å². The van der Waals surface area contributed by atoms with E-state index in [2.05, 4.69) is 5.32 Å². The standard InChI is InChI=1S/C8H15NO3/c1-6(2)7(11)4-9-5(3-10)8(6,7)12/h5,9-12H,3-4H2,1-2H3/t5-,7+,8-/m1/s1. The van der Waals surface area contributed by atoms with Crippen LogP contribution in [-0.2, 0) is 0 Å². The van der Waals surface area contributed by atoms with Crippen molar-refractivity contribution in [1.82, 2.24) is 5.32 Å². The lowest BCUT2D eigenvalue weighted by Gasteiger charge is -2.21. The van der Waals surface area contributed by atoms with Gasteiger partial charge in [0.15, 0.2) is 0 Å². The number of hydrogen-bond donors (Lipinski definition) is 4. The largest absolute Gasteiger partial charge is 0.395 e. The van der Waals surface area contributed by atoms with Crippen LogP contribution < -0.4 is 5.32 Å². The topological polar surface area (TPSA) is 72.7 Å². The molecule has 0 aromatic heterocycles. The van der Waals surface area contributed by atoms with Crippen LogP contribution in [0.5, 0.6) is 0 Å². The Labute approximate surface area is 71.2 Å². The molecule has 3 atom stereocenters. The Balaban J connectivity index is 2.34. The second kappa shape index (κ2) is 1.85. The van der Waals surface area contributed by atoms with Gasteiger partial charge >= 0.3 is 0 Å². The Kier molecular flexibility index (Phi) is 1.30. The molecule has 12 heavy (non-hydrogen) atoms. The molecule has 0 spiro atoms. The summed E-state index contributed by atoms with van der Waals surface area (Å²) < 4.78 is 0. The number of nitrogens with one attached hydrogen (secondary N) is 1. The molecule has 0 radical (unpaired) electrons. The zero-order valence-corrected chi connectivity index (χ0v) is 7.33. The number of hydrogen-bond acceptors (Lipinski definition) is 4. The predicted octanol–water partition coefficient (Wildman–Crippen LogP) is -1.55. The summed E-state index contributed by atoms with van der Waals surface area (Å²) in [6.45, 7) is 3.86. The maximum Gasteiger partial charge on any atom is 0.121 e. The number of aliphatic hydroxyl groups is 3. The zero-order chi connectivity index (χ0) is 9.20. The van der Waals surface area contributed by atoms with E-state index in [-0.39, 0.29) is 6.61 Å². The Hall–Kier alpha value is -0.160. The minimum absolute atomic E-state index is 0.137. The van der Waals surface area contributed by atoms with E-state index in [1.165, 1.54) is 0 Å². The molecule has 4 nitrogen and oxygen atoms in total. The van der Waals surface area contributed by atoms with E-state index in [9.17, 15) is 10.2 Å². The van der Waals surface area contributed by atoms with E-state index in [4.69, 9.17) is 5.11 Å². The molecule has 0 bridgehead atoms. The van der Waals surface area contributed by atoms with E-state index in [0.29, 0.717) is 6.54 Å². The lowest BCUT2D eigenvalue weighted by atomic mass is 10.00. The molecule has 1 saturated carbocycles. The molecule has 0 aromatic rings. The quantitative estimate of drug-likeness (QED) is 0.387. The van der Waals surface area contributed by atoms with Crippen LogP contribution in [0.25, 0.3) is 0 Å². The average molecular weight is 173 g/mol. The fourth-order valence-corrected chi connectivity index (χ4v) is 2.65. The van der Waals surface area contributed by atoms with Crippen molar-refractivity contribution in [3.8, 4) is 0 Å². The van der Waals surface area contributed by atoms with Gasteiger partial charge in [0.1, 0.15) is 11.2 Å². The highest BCUT2D eigenvalue weighted by atomic mass is 16.4. The van der Waals surface area contributed by atoms with Crippen molar-refractivity contribution in [2.24, 2.45) is 5.41 Å². The van der Waals surface area contributed by atoms with Crippen molar-refractivity contribution in [2.45, 2.75) is 31.1 Å². The zero-order valence-electron chi connectivity index (χ0n) is 7.33. The van der Waals surface area contributed by atoms with Crippen molar-refractivity contribution in [3.63, 3.8) is 0 Å². The fourth-order valence-electron chi connectivity index (χ4n) is 2.65. The smallest absolute Gasteiger partial charge is 0.121 e. The van der Waals surface area contributed by atoms with Crippen LogP contribution in [0, 0.1) is 5.41 Å². The number of aliphatic hydroxyl groups excluding tert-OH is 1. The molecule has 70 valence electrons. The van der Waals surface area contributed by atoms with Crippen LogP contribution >= 0.6 is 0 Å². The molecule has 4 N–H and O–H groups in total. The van der Waals surface area contributed by atoms with E-state index in [1.807, 2.05) is 13.8 Å². The lowest BCUT2D eigenvalue weighted by Crippen LogP contribution is -2.43. The van der Waals surface area contributed by atoms with Crippen LogP contribution in [0.3, 0.4) is 0 Å². The highest BCUT2D eigenvalue weighted by Crippen LogP contribution is 2.68. The van der Waals surface area contributed by atoms with Gasteiger partial charge in [0.25, 0.3) is 0 Å². The average Bonchev–Trinajstić information content (AvgIpc) is 2.26. The van der Waals surface area contributed by atoms with Crippen LogP contribution in [-0.4, -0.2) is 45.7 Å². The first kappa shape index (κ1) is 8.44. The van der Waals surface area contributed by atoms with E-state index in [1.54, 1.807) is 0 Å². The van der Waals surface area contributed by atoms with Gasteiger partial charge in [-0.1, -0.05) is 13.8 Å². The predicted molar refractivity (Wildman–Crippen MR) is 42.6 cm³/mol. The van der Waals surface area contributed by atoms with Gasteiger partial charge in [-0.05, 0) is 0 Å². The third kappa shape index (κ3) is 0.510. The van der Waals surface area contributed by atoms with Crippen molar-refractivity contribution >= 4 is 0 Å². The second-order valence-corrected chi connectivity index (χ2v) is 4.37. The molecule has 2 fully saturated rings. The second-order valence-electron chi connectivity index (χ2n) is 4.37. The molecule has 4 heteroatoms. The normalized spacial score (nSPS) is 55.2. The first-order valence-corrected chi connectivity index (χ1v) is 4.21. The van der Waals surface area contributed by atoms with Gasteiger partial charge in [0.2, 0.25) is 0 Å². The Bertz CT molecular complexity index is 230. The van der Waals surface area contributed by atoms with Gasteiger partial charge in [0.05, 0.1) is 12.6 Å². The minimum Gasteiger partial charge on any atom is -0.395 e. The number of fused-ring (bicyclic) bond motifs is 1. The monoisotopic (exact) mass is 173 g/mol. The molecular weight excluding hydrogens is 158 g/mol. The molecule has 0 unspecified atom stereocenters. The number of rotatable bonds is 1. The SMILES string of the molecule is CC1(C)[C@]2(O)[C@@H](CO)NC[C@]12O. The van der Waals surface area contributed by atoms with Crippen LogP contribution in [0.15, 0.2) is 0 Å². The molecule has 1 aliphatic heterocycles. The van der Waals surface area contributed by atoms with Gasteiger partial charge in [-0.2, -0.15) is 0 Å². The highest BCUT2D eigenvalue weighted by Gasteiger charge is 2.87. The van der Waals surface area contributed by atoms with Crippen LogP contribution in [0.4, 0.5) is 0 Å². The minimum atomic E-state index is -1.14. The molecule has 2 rings (SSSR count). The maximum atomic E-state index is 10.0. The summed E-state index contributed by atoms with van der Waals surface area (Å²) in [5, 5.41) is 31.8. The van der Waals surface area contributed by atoms with Crippen LogP contribution in [0.2, 0.25) is 0 Å². The Morgan fingerprint density at radius 3 is 2.25 bits per heavy atom. The summed E-state index contributed by atoms with van der Waals surface area (Å²) >= 11 is 0. The van der Waals surface area contributed by atoms with Gasteiger partial charge in [-0.25, -0.2) is 0 Å². The van der Waals surface area contributed by atoms with Crippen LogP contribution in [0.1, 0.15) is 13.8 Å². The van der Waals surface area contributed by atoms with E-state index < -0.39 is 22.7 Å². The molecular formula is C8H15NO3. The van der Waals surface area contributed by atoms with E-state index in [0.717, 1.165) is 0 Å². The Morgan fingerprint density at radius 2 is 2.00 bits per heavy atom. The molecule has 1 saturated heterocycles. The number of β-amino-alcohol motifs (C(OH)–C–C–N with tert-alkyl or cyclic N) is 1. The maximum absolute atomic E-state index is 10.0. The summed E-state index contributed by atoms with van der Waals surface area (Å²) in [7, 11) is 0. The fraction of sp³-hybridized carbons (Fsp3) is 1.00. The molecule has 0 aromatic carbocycles. The molecule has 0 amide bonds. The summed E-state index contributed by atoms with van der Waals surface area (Å²) in [6.07, 6.45) is 0. The number of piperidine rings is 1. The van der Waals surface area contributed by atoms with Gasteiger partial charge in [0, 0.05) is 12.0 Å². The van der Waals surface area contributed by atoms with Gasteiger partial charge < -0.3 is 20.6 Å².